The summed E-state index contributed by atoms with van der Waals surface area (Å²) in [5.74, 6) is -2.24. The van der Waals surface area contributed by atoms with Crippen LogP contribution >= 0.6 is 11.3 Å². The zero-order valence-electron chi connectivity index (χ0n) is 26.7. The van der Waals surface area contributed by atoms with E-state index in [9.17, 15) is 24.0 Å². The number of Topliss-reactive ketones (excluding diaryl/α,β-unsaturated/α-hetero) is 1. The number of para-hydroxylation sites is 1. The third-order valence-electron chi connectivity index (χ3n) is 6.73. The number of carbonyl (C=O) groups excluding carboxylic acids is 5. The lowest BCUT2D eigenvalue weighted by Crippen LogP contribution is -2.51. The molecule has 5 N–H and O–H groups in total. The van der Waals surface area contributed by atoms with Crippen LogP contribution in [0.1, 0.15) is 54.0 Å². The molecule has 1 aromatic heterocycles. The standard InChI is InChI=1S/C28H33N5O6S.C7H8/c1-17(2)14-21(33-28(38)39-16-18-8-4-3-5-9-18)26(37)30-15-24(35)31-20(12-13-23(29)34)25(36)27-32-19-10-6-7-11-22(19)40-27;1-7-5-3-2-4-6-7/h3-11,17,20-21H,12-16H2,1-2H3,(H2,29,34)(H,30,37)(H,31,35)(H,33,38);2-6H,1H3. The summed E-state index contributed by atoms with van der Waals surface area (Å²) in [5, 5.41) is 7.81. The maximum absolute atomic E-state index is 13.1. The lowest BCUT2D eigenvalue weighted by molar-refractivity contribution is -0.127. The molecule has 0 radical (unpaired) electrons. The lowest BCUT2D eigenvalue weighted by atomic mass is 10.0. The molecule has 0 fully saturated rings. The number of nitrogens with one attached hydrogen (secondary N) is 3. The summed E-state index contributed by atoms with van der Waals surface area (Å²) in [6.45, 7) is 5.46. The maximum Gasteiger partial charge on any atom is 0.408 e. The number of nitrogens with two attached hydrogens (primary N) is 1. The van der Waals surface area contributed by atoms with Gasteiger partial charge in [0.25, 0.3) is 0 Å². The summed E-state index contributed by atoms with van der Waals surface area (Å²) in [7, 11) is 0. The van der Waals surface area contributed by atoms with Gasteiger partial charge in [0.05, 0.1) is 22.8 Å². The SMILES string of the molecule is CC(C)CC(NC(=O)OCc1ccccc1)C(=O)NCC(=O)NC(CCC(N)=O)C(=O)c1nc2ccccc2s1.Cc1ccccc1. The van der Waals surface area contributed by atoms with Gasteiger partial charge in [0.2, 0.25) is 23.5 Å². The van der Waals surface area contributed by atoms with Gasteiger partial charge in [-0.1, -0.05) is 92.2 Å². The Hall–Kier alpha value is -5.10. The van der Waals surface area contributed by atoms with Crippen molar-refractivity contribution in [3.63, 3.8) is 0 Å². The van der Waals surface area contributed by atoms with E-state index >= 15 is 0 Å². The van der Waals surface area contributed by atoms with E-state index in [0.29, 0.717) is 11.9 Å². The number of amides is 4. The first-order chi connectivity index (χ1) is 22.5. The number of alkyl carbamates (subject to hydrolysis) is 1. The molecule has 4 rings (SSSR count). The highest BCUT2D eigenvalue weighted by molar-refractivity contribution is 7.20. The molecule has 2 atom stereocenters. The molecule has 248 valence electrons. The van der Waals surface area contributed by atoms with Crippen LogP contribution in [-0.2, 0) is 25.7 Å². The second kappa shape index (κ2) is 18.8. The minimum Gasteiger partial charge on any atom is -0.445 e. The van der Waals surface area contributed by atoms with Crippen LogP contribution in [0.15, 0.2) is 84.9 Å². The van der Waals surface area contributed by atoms with Gasteiger partial charge >= 0.3 is 6.09 Å². The van der Waals surface area contributed by atoms with E-state index < -0.39 is 48.2 Å². The van der Waals surface area contributed by atoms with Gasteiger partial charge in [0, 0.05) is 6.42 Å². The van der Waals surface area contributed by atoms with Crippen molar-refractivity contribution >= 4 is 51.2 Å². The molecular formula is C35H41N5O6S. The topological polar surface area (TPSA) is 170 Å². The van der Waals surface area contributed by atoms with E-state index in [1.807, 2.05) is 74.5 Å². The van der Waals surface area contributed by atoms with Gasteiger partial charge < -0.3 is 26.4 Å². The average Bonchev–Trinajstić information content (AvgIpc) is 3.49. The third kappa shape index (κ3) is 13.0. The van der Waals surface area contributed by atoms with Crippen LogP contribution in [0.2, 0.25) is 0 Å². The fourth-order valence-corrected chi connectivity index (χ4v) is 5.32. The minimum absolute atomic E-state index is 0.0193. The smallest absolute Gasteiger partial charge is 0.408 e. The first-order valence-corrected chi connectivity index (χ1v) is 16.1. The number of fused-ring (bicyclic) bond motifs is 1. The number of rotatable bonds is 14. The van der Waals surface area contributed by atoms with E-state index in [0.717, 1.165) is 10.3 Å². The summed E-state index contributed by atoms with van der Waals surface area (Å²) in [5.41, 5.74) is 8.03. The Morgan fingerprint density at radius 2 is 1.49 bits per heavy atom. The van der Waals surface area contributed by atoms with E-state index in [4.69, 9.17) is 10.5 Å². The molecule has 0 saturated carbocycles. The number of aryl methyl sites for hydroxylation is 1. The van der Waals surface area contributed by atoms with Crippen molar-refractivity contribution in [3.8, 4) is 0 Å². The number of aromatic nitrogens is 1. The first-order valence-electron chi connectivity index (χ1n) is 15.3. The fraction of sp³-hybridized carbons (Fsp3) is 0.314. The number of thiazole rings is 1. The van der Waals surface area contributed by atoms with Gasteiger partial charge in [-0.2, -0.15) is 0 Å². The van der Waals surface area contributed by atoms with E-state index in [1.54, 1.807) is 12.1 Å². The molecule has 2 unspecified atom stereocenters. The van der Waals surface area contributed by atoms with Crippen LogP contribution in [0.25, 0.3) is 10.2 Å². The van der Waals surface area contributed by atoms with Crippen LogP contribution in [0.4, 0.5) is 4.79 Å². The summed E-state index contributed by atoms with van der Waals surface area (Å²) in [6, 6.07) is 24.6. The summed E-state index contributed by atoms with van der Waals surface area (Å²) in [6.07, 6.45) is -0.596. The molecule has 0 aliphatic heterocycles. The highest BCUT2D eigenvalue weighted by Crippen LogP contribution is 2.23. The maximum atomic E-state index is 13.1. The number of hydrogen-bond acceptors (Lipinski definition) is 8. The quantitative estimate of drug-likeness (QED) is 0.142. The molecule has 0 bridgehead atoms. The molecule has 4 amide bonds. The molecule has 0 spiro atoms. The van der Waals surface area contributed by atoms with Gasteiger partial charge in [0.1, 0.15) is 12.6 Å². The summed E-state index contributed by atoms with van der Waals surface area (Å²) < 4.78 is 6.02. The zero-order chi connectivity index (χ0) is 34.2. The van der Waals surface area contributed by atoms with Gasteiger partial charge in [-0.25, -0.2) is 9.78 Å². The van der Waals surface area contributed by atoms with Crippen LogP contribution in [0, 0.1) is 12.8 Å². The average molecular weight is 660 g/mol. The predicted octanol–water partition coefficient (Wildman–Crippen LogP) is 4.68. The van der Waals surface area contributed by atoms with Crippen molar-refractivity contribution < 1.29 is 28.7 Å². The number of ether oxygens (including phenoxy) is 1. The molecule has 0 aliphatic carbocycles. The summed E-state index contributed by atoms with van der Waals surface area (Å²) in [4.78, 5) is 66.7. The molecule has 0 aliphatic rings. The van der Waals surface area contributed by atoms with E-state index in [1.165, 1.54) is 16.9 Å². The molecule has 0 saturated heterocycles. The van der Waals surface area contributed by atoms with Crippen molar-refractivity contribution in [2.24, 2.45) is 11.7 Å². The largest absolute Gasteiger partial charge is 0.445 e. The van der Waals surface area contributed by atoms with Crippen molar-refractivity contribution in [2.45, 2.75) is 58.7 Å². The molecule has 3 aromatic carbocycles. The number of carbonyl (C=O) groups is 5. The first kappa shape index (κ1) is 36.4. The Morgan fingerprint density at radius 3 is 2.09 bits per heavy atom. The molecular weight excluding hydrogens is 618 g/mol. The van der Waals surface area contributed by atoms with Crippen molar-refractivity contribution in [2.75, 3.05) is 6.54 Å². The second-order valence-corrected chi connectivity index (χ2v) is 12.3. The zero-order valence-corrected chi connectivity index (χ0v) is 27.5. The van der Waals surface area contributed by atoms with E-state index in [2.05, 4.69) is 40.0 Å². The van der Waals surface area contributed by atoms with Gasteiger partial charge in [-0.3, -0.25) is 19.2 Å². The number of primary amides is 1. The van der Waals surface area contributed by atoms with Crippen LogP contribution < -0.4 is 21.7 Å². The molecule has 1 heterocycles. The predicted molar refractivity (Wildman–Crippen MR) is 182 cm³/mol. The molecule has 11 nitrogen and oxygen atoms in total. The van der Waals surface area contributed by atoms with Gasteiger partial charge in [0.15, 0.2) is 5.01 Å². The third-order valence-corrected chi connectivity index (χ3v) is 7.78. The Balaban J connectivity index is 0.000000756. The number of hydrogen-bond donors (Lipinski definition) is 4. The number of ketones is 1. The van der Waals surface area contributed by atoms with Crippen LogP contribution in [0.3, 0.4) is 0 Å². The lowest BCUT2D eigenvalue weighted by Gasteiger charge is -2.20. The minimum atomic E-state index is -1.06. The van der Waals surface area contributed by atoms with Gasteiger partial charge in [-0.15, -0.1) is 11.3 Å². The van der Waals surface area contributed by atoms with E-state index in [-0.39, 0.29) is 30.4 Å². The van der Waals surface area contributed by atoms with Gasteiger partial charge in [-0.05, 0) is 43.4 Å². The highest BCUT2D eigenvalue weighted by Gasteiger charge is 2.27. The molecule has 47 heavy (non-hydrogen) atoms. The Morgan fingerprint density at radius 1 is 0.851 bits per heavy atom. The normalized spacial score (nSPS) is 11.8. The highest BCUT2D eigenvalue weighted by atomic mass is 32.1. The fourth-order valence-electron chi connectivity index (χ4n) is 4.36. The number of benzene rings is 3. The Labute approximate surface area is 278 Å². The molecule has 12 heteroatoms. The summed E-state index contributed by atoms with van der Waals surface area (Å²) >= 11 is 1.18. The Kier molecular flexibility index (Phi) is 14.5. The Bertz CT molecular complexity index is 1590. The van der Waals surface area contributed by atoms with Crippen molar-refractivity contribution in [1.29, 1.82) is 0 Å². The number of nitrogens with zero attached hydrogens (tertiary/aromatic N) is 1. The van der Waals surface area contributed by atoms with Crippen molar-refractivity contribution in [1.82, 2.24) is 20.9 Å². The van der Waals surface area contributed by atoms with Crippen LogP contribution in [-0.4, -0.2) is 53.2 Å². The second-order valence-electron chi connectivity index (χ2n) is 11.2. The van der Waals surface area contributed by atoms with Crippen LogP contribution in [0.5, 0.6) is 0 Å². The monoisotopic (exact) mass is 659 g/mol. The van der Waals surface area contributed by atoms with Crippen molar-refractivity contribution in [3.05, 3.63) is 101 Å². The molecule has 4 aromatic rings.